The van der Waals surface area contributed by atoms with E-state index in [2.05, 4.69) is 16.0 Å². The topological polar surface area (TPSA) is 143 Å². The lowest BCUT2D eigenvalue weighted by Crippen LogP contribution is -2.34. The van der Waals surface area contributed by atoms with Crippen LogP contribution in [0.1, 0.15) is 22.6 Å². The maximum atomic E-state index is 12.5. The van der Waals surface area contributed by atoms with Gasteiger partial charge in [0.05, 0.1) is 20.8 Å². The molecule has 3 aromatic rings. The Kier molecular flexibility index (Phi) is 9.65. The van der Waals surface area contributed by atoms with E-state index in [1.54, 1.807) is 44.6 Å². The molecule has 0 aliphatic rings. The number of methoxy groups -OCH3 is 2. The van der Waals surface area contributed by atoms with Crippen molar-refractivity contribution in [3.63, 3.8) is 0 Å². The predicted octanol–water partition coefficient (Wildman–Crippen LogP) is 3.13. The number of anilines is 1. The molecule has 3 amide bonds. The highest BCUT2D eigenvalue weighted by atomic mass is 16.5. The first-order valence-corrected chi connectivity index (χ1v) is 11.7. The fraction of sp³-hybridized carbons (Fsp3) is 0.214. The van der Waals surface area contributed by atoms with Gasteiger partial charge in [-0.25, -0.2) is 0 Å². The van der Waals surface area contributed by atoms with E-state index in [9.17, 15) is 19.6 Å². The molecule has 0 fully saturated rings. The van der Waals surface area contributed by atoms with E-state index in [0.29, 0.717) is 35.9 Å². The van der Waals surface area contributed by atoms with Gasteiger partial charge >= 0.3 is 11.8 Å². The standard InChI is InChI=1S/C28H28N4O6/c1-18-4-7-21(8-5-18)32-28(35)27(34)31-17-23-10-9-22(38-23)15-20(16-29)26(33)30-13-12-19-6-11-24(36-2)25(14-19)37-3/h4-11,14-15H,12-13,17H2,1-3H3,(H,30,33)(H,31,34)(H,32,35)/b20-15-. The van der Waals surface area contributed by atoms with E-state index >= 15 is 0 Å². The first kappa shape index (κ1) is 27.5. The molecule has 1 aromatic heterocycles. The molecular formula is C28H28N4O6. The zero-order chi connectivity index (χ0) is 27.5. The van der Waals surface area contributed by atoms with Crippen molar-refractivity contribution < 1.29 is 28.3 Å². The van der Waals surface area contributed by atoms with Crippen LogP contribution < -0.4 is 25.4 Å². The predicted molar refractivity (Wildman–Crippen MR) is 140 cm³/mol. The Morgan fingerprint density at radius 1 is 0.921 bits per heavy atom. The van der Waals surface area contributed by atoms with E-state index in [1.165, 1.54) is 6.08 Å². The largest absolute Gasteiger partial charge is 0.493 e. The fourth-order valence-corrected chi connectivity index (χ4v) is 3.38. The molecule has 10 nitrogen and oxygen atoms in total. The molecule has 0 saturated heterocycles. The molecule has 196 valence electrons. The number of hydrogen-bond acceptors (Lipinski definition) is 7. The minimum absolute atomic E-state index is 0.0482. The van der Waals surface area contributed by atoms with Crippen molar-refractivity contribution in [1.82, 2.24) is 10.6 Å². The van der Waals surface area contributed by atoms with Gasteiger partial charge in [0.25, 0.3) is 5.91 Å². The van der Waals surface area contributed by atoms with E-state index in [4.69, 9.17) is 13.9 Å². The van der Waals surface area contributed by atoms with Crippen molar-refractivity contribution in [2.45, 2.75) is 19.9 Å². The van der Waals surface area contributed by atoms with Crippen molar-refractivity contribution in [3.8, 4) is 17.6 Å². The normalized spacial score (nSPS) is 10.7. The average molecular weight is 517 g/mol. The summed E-state index contributed by atoms with van der Waals surface area (Å²) in [6, 6.07) is 17.5. The summed E-state index contributed by atoms with van der Waals surface area (Å²) >= 11 is 0. The van der Waals surface area contributed by atoms with Crippen LogP contribution in [0.2, 0.25) is 0 Å². The van der Waals surface area contributed by atoms with Crippen LogP contribution in [0.3, 0.4) is 0 Å². The van der Waals surface area contributed by atoms with Crippen molar-refractivity contribution >= 4 is 29.5 Å². The van der Waals surface area contributed by atoms with Gasteiger partial charge in [0.15, 0.2) is 11.5 Å². The highest BCUT2D eigenvalue weighted by Gasteiger charge is 2.15. The zero-order valence-electron chi connectivity index (χ0n) is 21.3. The monoisotopic (exact) mass is 516 g/mol. The number of aryl methyl sites for hydroxylation is 1. The number of hydrogen-bond donors (Lipinski definition) is 3. The summed E-state index contributed by atoms with van der Waals surface area (Å²) < 4.78 is 16.1. The first-order valence-electron chi connectivity index (χ1n) is 11.7. The Morgan fingerprint density at radius 2 is 1.66 bits per heavy atom. The van der Waals surface area contributed by atoms with Gasteiger partial charge in [0.2, 0.25) is 0 Å². The van der Waals surface area contributed by atoms with Crippen LogP contribution in [0.4, 0.5) is 5.69 Å². The Balaban J connectivity index is 1.50. The minimum Gasteiger partial charge on any atom is -0.493 e. The number of nitrogens with one attached hydrogen (secondary N) is 3. The SMILES string of the molecule is COc1ccc(CCNC(=O)/C(C#N)=C\c2ccc(CNC(=O)C(=O)Nc3ccc(C)cc3)o2)cc1OC. The summed E-state index contributed by atoms with van der Waals surface area (Å²) in [4.78, 5) is 36.6. The Labute approximate surface area is 220 Å². The number of nitriles is 1. The summed E-state index contributed by atoms with van der Waals surface area (Å²) in [7, 11) is 3.10. The van der Waals surface area contributed by atoms with E-state index < -0.39 is 17.7 Å². The lowest BCUT2D eigenvalue weighted by molar-refractivity contribution is -0.136. The smallest absolute Gasteiger partial charge is 0.313 e. The van der Waals surface area contributed by atoms with E-state index in [0.717, 1.165) is 11.1 Å². The van der Waals surface area contributed by atoms with Gasteiger partial charge in [0, 0.05) is 18.3 Å². The maximum absolute atomic E-state index is 12.5. The number of amides is 3. The minimum atomic E-state index is -0.828. The van der Waals surface area contributed by atoms with Crippen LogP contribution in [0.5, 0.6) is 11.5 Å². The molecular weight excluding hydrogens is 488 g/mol. The summed E-state index contributed by atoms with van der Waals surface area (Å²) in [5, 5.41) is 17.1. The first-order chi connectivity index (χ1) is 18.3. The van der Waals surface area contributed by atoms with E-state index in [1.807, 2.05) is 37.3 Å². The van der Waals surface area contributed by atoms with Gasteiger partial charge in [-0.05, 0) is 55.3 Å². The van der Waals surface area contributed by atoms with Crippen LogP contribution >= 0.6 is 0 Å². The molecule has 0 aliphatic heterocycles. The molecule has 2 aromatic carbocycles. The quantitative estimate of drug-likeness (QED) is 0.213. The summed E-state index contributed by atoms with van der Waals surface area (Å²) in [6.07, 6.45) is 1.83. The highest BCUT2D eigenvalue weighted by Crippen LogP contribution is 2.27. The number of nitrogens with zero attached hydrogens (tertiary/aromatic N) is 1. The highest BCUT2D eigenvalue weighted by molar-refractivity contribution is 6.39. The second kappa shape index (κ2) is 13.3. The van der Waals surface area contributed by atoms with Crippen LogP contribution in [-0.2, 0) is 27.3 Å². The number of carbonyl (C=O) groups excluding carboxylic acids is 3. The molecule has 0 spiro atoms. The van der Waals surface area contributed by atoms with Crippen molar-refractivity contribution in [2.24, 2.45) is 0 Å². The Bertz CT molecular complexity index is 1370. The molecule has 0 saturated carbocycles. The molecule has 1 heterocycles. The van der Waals surface area contributed by atoms with Crippen molar-refractivity contribution in [1.29, 1.82) is 5.26 Å². The number of ether oxygens (including phenoxy) is 2. The van der Waals surface area contributed by atoms with Gasteiger partial charge in [-0.2, -0.15) is 5.26 Å². The second-order valence-corrected chi connectivity index (χ2v) is 8.17. The van der Waals surface area contributed by atoms with Crippen LogP contribution in [0, 0.1) is 18.3 Å². The van der Waals surface area contributed by atoms with Crippen LogP contribution in [0.15, 0.2) is 64.6 Å². The summed E-state index contributed by atoms with van der Waals surface area (Å²) in [5.74, 6) is -0.387. The third-order valence-corrected chi connectivity index (χ3v) is 5.42. The van der Waals surface area contributed by atoms with Gasteiger partial charge in [0.1, 0.15) is 23.2 Å². The third-order valence-electron chi connectivity index (χ3n) is 5.42. The van der Waals surface area contributed by atoms with Crippen molar-refractivity contribution in [2.75, 3.05) is 26.1 Å². The molecule has 0 atom stereocenters. The summed E-state index contributed by atoms with van der Waals surface area (Å²) in [5.41, 5.74) is 2.32. The molecule has 3 rings (SSSR count). The number of benzene rings is 2. The van der Waals surface area contributed by atoms with Gasteiger partial charge in [-0.15, -0.1) is 0 Å². The summed E-state index contributed by atoms with van der Waals surface area (Å²) in [6.45, 7) is 2.17. The van der Waals surface area contributed by atoms with E-state index in [-0.39, 0.29) is 17.9 Å². The average Bonchev–Trinajstić information content (AvgIpc) is 3.38. The maximum Gasteiger partial charge on any atom is 0.313 e. The number of furan rings is 1. The number of rotatable bonds is 10. The Morgan fingerprint density at radius 3 is 2.34 bits per heavy atom. The fourth-order valence-electron chi connectivity index (χ4n) is 3.38. The molecule has 10 heteroatoms. The van der Waals surface area contributed by atoms with Crippen LogP contribution in [-0.4, -0.2) is 38.5 Å². The third kappa shape index (κ3) is 7.73. The molecule has 0 bridgehead atoms. The molecule has 0 unspecified atom stereocenters. The lowest BCUT2D eigenvalue weighted by Gasteiger charge is -2.10. The molecule has 3 N–H and O–H groups in total. The molecule has 38 heavy (non-hydrogen) atoms. The molecule has 0 radical (unpaired) electrons. The van der Waals surface area contributed by atoms with Crippen molar-refractivity contribution in [3.05, 3.63) is 82.8 Å². The zero-order valence-corrected chi connectivity index (χ0v) is 21.3. The lowest BCUT2D eigenvalue weighted by atomic mass is 10.1. The van der Waals surface area contributed by atoms with Gasteiger partial charge in [-0.1, -0.05) is 23.8 Å². The molecule has 0 aliphatic carbocycles. The van der Waals surface area contributed by atoms with Crippen LogP contribution in [0.25, 0.3) is 6.08 Å². The van der Waals surface area contributed by atoms with Gasteiger partial charge in [-0.3, -0.25) is 14.4 Å². The second-order valence-electron chi connectivity index (χ2n) is 8.17. The number of carbonyl (C=O) groups is 3. The van der Waals surface area contributed by atoms with Gasteiger partial charge < -0.3 is 29.8 Å². The Hall–Kier alpha value is -5.04.